The van der Waals surface area contributed by atoms with Gasteiger partial charge >= 0.3 is 11.9 Å². The first-order valence-corrected chi connectivity index (χ1v) is 7.90. The van der Waals surface area contributed by atoms with Gasteiger partial charge in [-0.3, -0.25) is 9.59 Å². The molecular weight excluding hydrogens is 357 g/mol. The van der Waals surface area contributed by atoms with Gasteiger partial charge in [-0.15, -0.1) is 0 Å². The molecule has 0 N–H and O–H groups in total. The fourth-order valence-electron chi connectivity index (χ4n) is 2.64. The van der Waals surface area contributed by atoms with Gasteiger partial charge in [0, 0.05) is 0 Å². The number of esters is 2. The van der Waals surface area contributed by atoms with E-state index in [9.17, 15) is 23.6 Å². The van der Waals surface area contributed by atoms with E-state index in [2.05, 4.69) is 4.74 Å². The number of nitrogens with zero attached hydrogens (tertiary/aromatic N) is 1. The molecule has 2 aromatic carbocycles. The maximum atomic E-state index is 13.1. The van der Waals surface area contributed by atoms with Crippen LogP contribution < -0.4 is 4.90 Å². The molecule has 27 heavy (non-hydrogen) atoms. The van der Waals surface area contributed by atoms with Gasteiger partial charge in [-0.25, -0.2) is 18.9 Å². The quantitative estimate of drug-likeness (QED) is 0.605. The maximum absolute atomic E-state index is 13.1. The van der Waals surface area contributed by atoms with Crippen LogP contribution in [0.5, 0.6) is 0 Å². The Bertz CT molecular complexity index is 953. The van der Waals surface area contributed by atoms with Crippen molar-refractivity contribution in [3.05, 3.63) is 65.0 Å². The molecule has 0 saturated carbocycles. The highest BCUT2D eigenvalue weighted by Gasteiger charge is 2.37. The van der Waals surface area contributed by atoms with Crippen LogP contribution in [0.1, 0.15) is 38.0 Å². The fourth-order valence-corrected chi connectivity index (χ4v) is 2.64. The summed E-state index contributed by atoms with van der Waals surface area (Å²) in [7, 11) is 1.16. The van der Waals surface area contributed by atoms with E-state index < -0.39 is 35.7 Å². The molecule has 1 aliphatic rings. The predicted molar refractivity (Wildman–Crippen MR) is 90.9 cm³/mol. The largest absolute Gasteiger partial charge is 0.466 e. The van der Waals surface area contributed by atoms with Crippen molar-refractivity contribution in [1.82, 2.24) is 0 Å². The number of carbonyl (C=O) groups excluding carboxylic acids is 4. The zero-order chi connectivity index (χ0) is 19.7. The van der Waals surface area contributed by atoms with Gasteiger partial charge in [0.2, 0.25) is 0 Å². The van der Waals surface area contributed by atoms with Crippen molar-refractivity contribution < 1.29 is 33.0 Å². The Morgan fingerprint density at radius 2 is 1.63 bits per heavy atom. The van der Waals surface area contributed by atoms with Gasteiger partial charge in [-0.1, -0.05) is 0 Å². The van der Waals surface area contributed by atoms with Crippen LogP contribution in [0, 0.1) is 5.82 Å². The molecule has 7 nitrogen and oxygen atoms in total. The summed E-state index contributed by atoms with van der Waals surface area (Å²) in [5.74, 6) is -3.28. The third-order valence-electron chi connectivity index (χ3n) is 4.02. The lowest BCUT2D eigenvalue weighted by atomic mass is 10.1. The fraction of sp³-hybridized carbons (Fsp3) is 0.158. The molecule has 138 valence electrons. The van der Waals surface area contributed by atoms with Crippen molar-refractivity contribution in [1.29, 1.82) is 0 Å². The summed E-state index contributed by atoms with van der Waals surface area (Å²) in [5, 5.41) is 0. The number of halogens is 1. The van der Waals surface area contributed by atoms with Crippen LogP contribution in [0.4, 0.5) is 10.1 Å². The Hall–Kier alpha value is -3.55. The van der Waals surface area contributed by atoms with E-state index >= 15 is 0 Å². The van der Waals surface area contributed by atoms with Crippen molar-refractivity contribution in [2.24, 2.45) is 0 Å². The molecular formula is C19H14FNO6. The predicted octanol–water partition coefficient (Wildman–Crippen LogP) is 2.34. The normalized spacial score (nSPS) is 14.0. The number of methoxy groups -OCH3 is 1. The van der Waals surface area contributed by atoms with Crippen molar-refractivity contribution in [3.8, 4) is 0 Å². The first-order chi connectivity index (χ1) is 12.8. The Balaban J connectivity index is 1.88. The SMILES string of the molecule is COC(=O)C(C)OC(=O)c1ccc2c(c1)C(=O)N(c1ccc(F)cc1)C2=O. The van der Waals surface area contributed by atoms with E-state index in [4.69, 9.17) is 4.74 Å². The minimum Gasteiger partial charge on any atom is -0.466 e. The van der Waals surface area contributed by atoms with Crippen molar-refractivity contribution in [2.45, 2.75) is 13.0 Å². The molecule has 2 amide bonds. The molecule has 0 aliphatic carbocycles. The number of benzene rings is 2. The monoisotopic (exact) mass is 371 g/mol. The topological polar surface area (TPSA) is 90.0 Å². The number of anilines is 1. The van der Waals surface area contributed by atoms with Gasteiger partial charge < -0.3 is 9.47 Å². The van der Waals surface area contributed by atoms with Crippen LogP contribution >= 0.6 is 0 Å². The second-order valence-corrected chi connectivity index (χ2v) is 5.75. The van der Waals surface area contributed by atoms with Crippen LogP contribution in [0.3, 0.4) is 0 Å². The molecule has 8 heteroatoms. The van der Waals surface area contributed by atoms with Gasteiger partial charge in [0.15, 0.2) is 6.10 Å². The molecule has 0 bridgehead atoms. The number of fused-ring (bicyclic) bond motifs is 1. The highest BCUT2D eigenvalue weighted by atomic mass is 19.1. The summed E-state index contributed by atoms with van der Waals surface area (Å²) in [6, 6.07) is 8.77. The van der Waals surface area contributed by atoms with E-state index in [0.29, 0.717) is 0 Å². The first-order valence-electron chi connectivity index (χ1n) is 7.90. The molecule has 0 aromatic heterocycles. The van der Waals surface area contributed by atoms with E-state index in [0.717, 1.165) is 24.1 Å². The van der Waals surface area contributed by atoms with Crippen LogP contribution in [0.25, 0.3) is 0 Å². The van der Waals surface area contributed by atoms with E-state index in [1.54, 1.807) is 0 Å². The minimum atomic E-state index is -1.12. The maximum Gasteiger partial charge on any atom is 0.346 e. The summed E-state index contributed by atoms with van der Waals surface area (Å²) in [6.07, 6.45) is -1.12. The Kier molecular flexibility index (Phi) is 4.72. The highest BCUT2D eigenvalue weighted by molar-refractivity contribution is 6.34. The van der Waals surface area contributed by atoms with Crippen LogP contribution in [0.15, 0.2) is 42.5 Å². The van der Waals surface area contributed by atoms with Gasteiger partial charge in [0.1, 0.15) is 5.82 Å². The van der Waals surface area contributed by atoms with Gasteiger partial charge in [-0.2, -0.15) is 0 Å². The molecule has 3 rings (SSSR count). The van der Waals surface area contributed by atoms with Crippen LogP contribution in [0.2, 0.25) is 0 Å². The van der Waals surface area contributed by atoms with Crippen molar-refractivity contribution >= 4 is 29.4 Å². The third kappa shape index (κ3) is 3.29. The molecule has 1 heterocycles. The lowest BCUT2D eigenvalue weighted by Gasteiger charge is -2.13. The zero-order valence-corrected chi connectivity index (χ0v) is 14.4. The first kappa shape index (κ1) is 18.2. The molecule has 0 fully saturated rings. The molecule has 1 atom stereocenters. The summed E-state index contributed by atoms with van der Waals surface area (Å²) < 4.78 is 22.5. The summed E-state index contributed by atoms with van der Waals surface area (Å²) in [6.45, 7) is 1.35. The molecule has 2 aromatic rings. The van der Waals surface area contributed by atoms with E-state index in [1.165, 1.54) is 37.3 Å². The van der Waals surface area contributed by atoms with Crippen LogP contribution in [-0.2, 0) is 14.3 Å². The smallest absolute Gasteiger partial charge is 0.346 e. The molecule has 0 radical (unpaired) electrons. The molecule has 0 saturated heterocycles. The lowest BCUT2D eigenvalue weighted by molar-refractivity contribution is -0.149. The minimum absolute atomic E-state index is 0.00612. The van der Waals surface area contributed by atoms with Gasteiger partial charge in [0.05, 0.1) is 29.5 Å². The second-order valence-electron chi connectivity index (χ2n) is 5.75. The van der Waals surface area contributed by atoms with Crippen molar-refractivity contribution in [3.63, 3.8) is 0 Å². The lowest BCUT2D eigenvalue weighted by Crippen LogP contribution is -2.29. The zero-order valence-electron chi connectivity index (χ0n) is 14.4. The third-order valence-corrected chi connectivity index (χ3v) is 4.02. The Labute approximate surface area is 153 Å². The molecule has 1 unspecified atom stereocenters. The summed E-state index contributed by atoms with van der Waals surface area (Å²) >= 11 is 0. The van der Waals surface area contributed by atoms with Gasteiger partial charge in [0.25, 0.3) is 11.8 Å². The number of imide groups is 1. The average molecular weight is 371 g/mol. The van der Waals surface area contributed by atoms with Gasteiger partial charge in [-0.05, 0) is 49.4 Å². The van der Waals surface area contributed by atoms with Crippen LogP contribution in [-0.4, -0.2) is 37.0 Å². The number of amides is 2. The standard InChI is InChI=1S/C19H14FNO6/c1-10(18(24)26-2)27-19(25)11-3-8-14-15(9-11)17(23)21(16(14)22)13-6-4-12(20)5-7-13/h3-10H,1-2H3. The number of ether oxygens (including phenoxy) is 2. The van der Waals surface area contributed by atoms with E-state index in [1.807, 2.05) is 0 Å². The molecule has 1 aliphatic heterocycles. The summed E-state index contributed by atoms with van der Waals surface area (Å²) in [4.78, 5) is 49.6. The number of hydrogen-bond donors (Lipinski definition) is 0. The van der Waals surface area contributed by atoms with Crippen molar-refractivity contribution in [2.75, 3.05) is 12.0 Å². The number of hydrogen-bond acceptors (Lipinski definition) is 6. The highest BCUT2D eigenvalue weighted by Crippen LogP contribution is 2.29. The average Bonchev–Trinajstić information content (AvgIpc) is 2.92. The van der Waals surface area contributed by atoms with E-state index in [-0.39, 0.29) is 22.4 Å². The Morgan fingerprint density at radius 3 is 2.26 bits per heavy atom. The number of carbonyl (C=O) groups is 4. The summed E-state index contributed by atoms with van der Waals surface area (Å²) in [5.41, 5.74) is 0.351. The second kappa shape index (κ2) is 6.99. The Morgan fingerprint density at radius 1 is 1.00 bits per heavy atom. The molecule has 0 spiro atoms. The number of rotatable bonds is 4.